The lowest BCUT2D eigenvalue weighted by Gasteiger charge is -2.47. The van der Waals surface area contributed by atoms with Crippen molar-refractivity contribution < 1.29 is 4.74 Å². The van der Waals surface area contributed by atoms with Crippen molar-refractivity contribution >= 4 is 5.69 Å². The number of nitrogen functional groups attached to an aromatic ring is 1. The summed E-state index contributed by atoms with van der Waals surface area (Å²) in [5.74, 6) is 0. The average molecular weight is 194 g/mol. The van der Waals surface area contributed by atoms with Crippen molar-refractivity contribution in [2.24, 2.45) is 0 Å². The van der Waals surface area contributed by atoms with Gasteiger partial charge in [-0.25, -0.2) is 0 Å². The van der Waals surface area contributed by atoms with Crippen LogP contribution in [0.2, 0.25) is 0 Å². The summed E-state index contributed by atoms with van der Waals surface area (Å²) in [6.45, 7) is 3.95. The molecule has 3 rings (SSSR count). The molecule has 0 aromatic carbocycles. The van der Waals surface area contributed by atoms with Gasteiger partial charge in [-0.1, -0.05) is 0 Å². The Morgan fingerprint density at radius 2 is 2.14 bits per heavy atom. The van der Waals surface area contributed by atoms with Crippen LogP contribution in [0.1, 0.15) is 6.04 Å². The number of nitrogens with zero attached hydrogens (tertiary/aromatic N) is 3. The van der Waals surface area contributed by atoms with Crippen LogP contribution in [0, 0.1) is 0 Å². The third kappa shape index (κ3) is 1.20. The molecule has 0 aliphatic carbocycles. The van der Waals surface area contributed by atoms with Crippen molar-refractivity contribution in [3.05, 3.63) is 12.4 Å². The van der Waals surface area contributed by atoms with E-state index in [1.807, 2.05) is 10.9 Å². The third-order valence-corrected chi connectivity index (χ3v) is 3.02. The second kappa shape index (κ2) is 2.96. The molecular formula is C9H14N4O. The number of hydrogen-bond donors (Lipinski definition) is 1. The highest BCUT2D eigenvalue weighted by atomic mass is 16.5. The lowest BCUT2D eigenvalue weighted by molar-refractivity contribution is -0.0997. The first kappa shape index (κ1) is 8.26. The van der Waals surface area contributed by atoms with Gasteiger partial charge < -0.3 is 10.5 Å². The Morgan fingerprint density at radius 3 is 2.64 bits per heavy atom. The molecule has 0 bridgehead atoms. The Labute approximate surface area is 82.4 Å². The summed E-state index contributed by atoms with van der Waals surface area (Å²) in [5.41, 5.74) is 6.36. The summed E-state index contributed by atoms with van der Waals surface area (Å²) in [6.07, 6.45) is 3.61. The topological polar surface area (TPSA) is 56.3 Å². The SMILES string of the molecule is Nc1cnn(C2CN(C3COC3)C2)c1. The minimum atomic E-state index is 0.507. The van der Waals surface area contributed by atoms with Crippen LogP contribution in [-0.2, 0) is 4.74 Å². The maximum atomic E-state index is 5.61. The number of anilines is 1. The molecule has 2 N–H and O–H groups in total. The predicted octanol–water partition coefficient (Wildman–Crippen LogP) is -0.279. The summed E-state index contributed by atoms with van der Waals surface area (Å²) in [7, 11) is 0. The van der Waals surface area contributed by atoms with Gasteiger partial charge in [-0.2, -0.15) is 5.10 Å². The second-order valence-corrected chi connectivity index (χ2v) is 4.05. The van der Waals surface area contributed by atoms with Crippen molar-refractivity contribution in [2.45, 2.75) is 12.1 Å². The molecule has 5 heteroatoms. The van der Waals surface area contributed by atoms with E-state index in [2.05, 4.69) is 10.00 Å². The van der Waals surface area contributed by atoms with Gasteiger partial charge in [0.25, 0.3) is 0 Å². The standard InChI is InChI=1S/C9H14N4O/c10-7-1-11-13(2-7)8-3-12(4-8)9-5-14-6-9/h1-2,8-9H,3-6,10H2. The highest BCUT2D eigenvalue weighted by Crippen LogP contribution is 2.26. The Hall–Kier alpha value is -1.07. The lowest BCUT2D eigenvalue weighted by Crippen LogP contribution is -2.59. The first-order valence-electron chi connectivity index (χ1n) is 4.94. The maximum absolute atomic E-state index is 5.61. The average Bonchev–Trinajstić information content (AvgIpc) is 2.38. The molecule has 0 amide bonds. The van der Waals surface area contributed by atoms with Gasteiger partial charge in [0.2, 0.25) is 0 Å². The molecule has 0 atom stereocenters. The van der Waals surface area contributed by atoms with E-state index in [0.29, 0.717) is 12.1 Å². The van der Waals surface area contributed by atoms with E-state index in [9.17, 15) is 0 Å². The molecule has 0 unspecified atom stereocenters. The molecule has 0 spiro atoms. The van der Waals surface area contributed by atoms with Crippen molar-refractivity contribution in [1.82, 2.24) is 14.7 Å². The number of nitrogens with two attached hydrogens (primary N) is 1. The van der Waals surface area contributed by atoms with E-state index in [-0.39, 0.29) is 0 Å². The Bertz CT molecular complexity index is 327. The van der Waals surface area contributed by atoms with Gasteiger partial charge in [0.15, 0.2) is 0 Å². The van der Waals surface area contributed by atoms with Crippen LogP contribution in [-0.4, -0.2) is 47.0 Å². The summed E-state index contributed by atoms with van der Waals surface area (Å²) < 4.78 is 7.12. The fraction of sp³-hybridized carbons (Fsp3) is 0.667. The van der Waals surface area contributed by atoms with Gasteiger partial charge in [-0.3, -0.25) is 9.58 Å². The van der Waals surface area contributed by atoms with Crippen LogP contribution >= 0.6 is 0 Å². The molecule has 0 radical (unpaired) electrons. The predicted molar refractivity (Wildman–Crippen MR) is 51.9 cm³/mol. The van der Waals surface area contributed by atoms with E-state index in [1.165, 1.54) is 0 Å². The maximum Gasteiger partial charge on any atom is 0.0773 e. The molecule has 2 saturated heterocycles. The molecule has 1 aromatic rings. The van der Waals surface area contributed by atoms with Gasteiger partial charge in [-0.15, -0.1) is 0 Å². The smallest absolute Gasteiger partial charge is 0.0773 e. The Balaban J connectivity index is 1.58. The first-order chi connectivity index (χ1) is 6.83. The molecule has 1 aromatic heterocycles. The van der Waals surface area contributed by atoms with E-state index in [1.54, 1.807) is 6.20 Å². The first-order valence-corrected chi connectivity index (χ1v) is 4.94. The fourth-order valence-corrected chi connectivity index (χ4v) is 1.94. The van der Waals surface area contributed by atoms with Gasteiger partial charge in [-0.05, 0) is 0 Å². The summed E-state index contributed by atoms with van der Waals surface area (Å²) in [4.78, 5) is 2.44. The molecule has 5 nitrogen and oxygen atoms in total. The van der Waals surface area contributed by atoms with E-state index >= 15 is 0 Å². The molecule has 0 saturated carbocycles. The number of likely N-dealkylation sites (tertiary alicyclic amines) is 1. The highest BCUT2D eigenvalue weighted by Gasteiger charge is 2.36. The van der Waals surface area contributed by atoms with Gasteiger partial charge in [0.1, 0.15) is 0 Å². The number of hydrogen-bond acceptors (Lipinski definition) is 4. The summed E-state index contributed by atoms with van der Waals surface area (Å²) >= 11 is 0. The van der Waals surface area contributed by atoms with Crippen molar-refractivity contribution in [3.63, 3.8) is 0 Å². The number of aromatic nitrogens is 2. The molecular weight excluding hydrogens is 180 g/mol. The third-order valence-electron chi connectivity index (χ3n) is 3.02. The quantitative estimate of drug-likeness (QED) is 0.703. The molecule has 2 aliphatic heterocycles. The monoisotopic (exact) mass is 194 g/mol. The fourth-order valence-electron chi connectivity index (χ4n) is 1.94. The molecule has 76 valence electrons. The Kier molecular flexibility index (Phi) is 1.75. The zero-order chi connectivity index (χ0) is 9.54. The van der Waals surface area contributed by atoms with Gasteiger partial charge in [0.05, 0.1) is 37.2 Å². The minimum absolute atomic E-state index is 0.507. The van der Waals surface area contributed by atoms with Crippen LogP contribution in [0.4, 0.5) is 5.69 Å². The molecule has 2 aliphatic rings. The van der Waals surface area contributed by atoms with Crippen LogP contribution in [0.5, 0.6) is 0 Å². The zero-order valence-electron chi connectivity index (χ0n) is 7.97. The molecule has 3 heterocycles. The number of ether oxygens (including phenoxy) is 1. The van der Waals surface area contributed by atoms with Crippen molar-refractivity contribution in [2.75, 3.05) is 32.0 Å². The van der Waals surface area contributed by atoms with Gasteiger partial charge >= 0.3 is 0 Å². The second-order valence-electron chi connectivity index (χ2n) is 4.05. The van der Waals surface area contributed by atoms with Gasteiger partial charge in [0, 0.05) is 19.3 Å². The van der Waals surface area contributed by atoms with Crippen LogP contribution in [0.25, 0.3) is 0 Å². The van der Waals surface area contributed by atoms with Crippen LogP contribution in [0.15, 0.2) is 12.4 Å². The van der Waals surface area contributed by atoms with E-state index in [0.717, 1.165) is 32.0 Å². The summed E-state index contributed by atoms with van der Waals surface area (Å²) in [5, 5.41) is 4.21. The normalized spacial score (nSPS) is 24.6. The van der Waals surface area contributed by atoms with Crippen molar-refractivity contribution in [3.8, 4) is 0 Å². The van der Waals surface area contributed by atoms with E-state index < -0.39 is 0 Å². The lowest BCUT2D eigenvalue weighted by atomic mass is 10.0. The summed E-state index contributed by atoms with van der Waals surface area (Å²) in [6, 6.07) is 1.16. The molecule has 14 heavy (non-hydrogen) atoms. The zero-order valence-corrected chi connectivity index (χ0v) is 7.97. The van der Waals surface area contributed by atoms with E-state index in [4.69, 9.17) is 10.5 Å². The largest absolute Gasteiger partial charge is 0.396 e. The van der Waals surface area contributed by atoms with Crippen LogP contribution in [0.3, 0.4) is 0 Å². The van der Waals surface area contributed by atoms with Crippen LogP contribution < -0.4 is 5.73 Å². The highest BCUT2D eigenvalue weighted by molar-refractivity contribution is 5.30. The number of rotatable bonds is 2. The Morgan fingerprint density at radius 1 is 1.36 bits per heavy atom. The molecule has 2 fully saturated rings. The minimum Gasteiger partial charge on any atom is -0.396 e. The van der Waals surface area contributed by atoms with Crippen molar-refractivity contribution in [1.29, 1.82) is 0 Å².